The van der Waals surface area contributed by atoms with Crippen molar-refractivity contribution in [1.29, 1.82) is 0 Å². The molecule has 1 rings (SSSR count). The Morgan fingerprint density at radius 3 is 2.75 bits per heavy atom. The second-order valence-electron chi connectivity index (χ2n) is 3.36. The number of carbonyl (C=O) groups is 1. The number of aliphatic hydroxyl groups excluding tert-OH is 1. The van der Waals surface area contributed by atoms with Gasteiger partial charge in [0.15, 0.2) is 18.9 Å². The minimum atomic E-state index is -0.693. The van der Waals surface area contributed by atoms with E-state index in [0.717, 1.165) is 0 Å². The normalized spacial score (nSPS) is 12.6. The highest BCUT2D eigenvalue weighted by molar-refractivity contribution is 5.81. The number of aliphatic hydroxyl groups is 1. The molecule has 0 aliphatic rings. The zero-order valence-corrected chi connectivity index (χ0v) is 9.24. The van der Waals surface area contributed by atoms with Crippen LogP contribution in [-0.4, -0.2) is 23.8 Å². The van der Waals surface area contributed by atoms with E-state index in [4.69, 9.17) is 4.74 Å². The molecule has 1 aromatic heterocycles. The zero-order valence-electron chi connectivity index (χ0n) is 9.24. The number of rotatable bonds is 5. The number of aromatic nitrogens is 1. The van der Waals surface area contributed by atoms with Crippen LogP contribution < -0.4 is 4.57 Å². The molecule has 0 saturated carbocycles. The lowest BCUT2D eigenvalue weighted by Gasteiger charge is -2.06. The van der Waals surface area contributed by atoms with Gasteiger partial charge < -0.3 is 9.84 Å². The molecular formula is C12H16NO3+. The Balaban J connectivity index is 2.31. The maximum Gasteiger partial charge on any atom is 0.330 e. The molecule has 0 saturated heterocycles. The van der Waals surface area contributed by atoms with Crippen molar-refractivity contribution < 1.29 is 19.2 Å². The molecule has 16 heavy (non-hydrogen) atoms. The highest BCUT2D eigenvalue weighted by atomic mass is 16.5. The lowest BCUT2D eigenvalue weighted by atomic mass is 10.3. The molecule has 86 valence electrons. The first-order chi connectivity index (χ1) is 7.72. The molecule has 4 heteroatoms. The fourth-order valence-corrected chi connectivity index (χ4v) is 1.21. The smallest absolute Gasteiger partial charge is 0.330 e. The number of nitrogens with zero attached hydrogens (tertiary/aromatic N) is 1. The molecule has 1 atom stereocenters. The minimum Gasteiger partial charge on any atom is -0.460 e. The maximum absolute atomic E-state index is 11.0. The van der Waals surface area contributed by atoms with Crippen LogP contribution in [0, 0.1) is 0 Å². The van der Waals surface area contributed by atoms with Gasteiger partial charge >= 0.3 is 5.97 Å². The minimum absolute atomic E-state index is 0.00503. The van der Waals surface area contributed by atoms with Crippen molar-refractivity contribution in [3.8, 4) is 0 Å². The third kappa shape index (κ3) is 4.70. The van der Waals surface area contributed by atoms with E-state index in [1.165, 1.54) is 6.08 Å². The Labute approximate surface area is 94.8 Å². The Morgan fingerprint density at radius 1 is 1.44 bits per heavy atom. The van der Waals surface area contributed by atoms with Crippen molar-refractivity contribution >= 4 is 5.97 Å². The van der Waals surface area contributed by atoms with Gasteiger partial charge in [0.1, 0.15) is 12.7 Å². The first kappa shape index (κ1) is 12.4. The summed E-state index contributed by atoms with van der Waals surface area (Å²) in [6.45, 7) is 2.15. The van der Waals surface area contributed by atoms with Crippen LogP contribution in [0.2, 0.25) is 0 Å². The van der Waals surface area contributed by atoms with Crippen molar-refractivity contribution in [2.75, 3.05) is 6.61 Å². The van der Waals surface area contributed by atoms with Gasteiger partial charge in [0.2, 0.25) is 0 Å². The number of hydrogen-bond donors (Lipinski definition) is 1. The Bertz CT molecular complexity index is 349. The van der Waals surface area contributed by atoms with E-state index in [0.29, 0.717) is 6.54 Å². The summed E-state index contributed by atoms with van der Waals surface area (Å²) in [5.41, 5.74) is 0. The van der Waals surface area contributed by atoms with Crippen molar-refractivity contribution in [2.45, 2.75) is 19.6 Å². The van der Waals surface area contributed by atoms with Crippen LogP contribution in [0.15, 0.2) is 42.7 Å². The third-order valence-corrected chi connectivity index (χ3v) is 1.92. The van der Waals surface area contributed by atoms with Crippen LogP contribution >= 0.6 is 0 Å². The molecule has 1 heterocycles. The standard InChI is InChI=1S/C12H16NO3/c1-2-6-12(15)16-10-11(14)9-13-7-4-3-5-8-13/h2-8,11,14H,9-10H2,1H3/q+1. The van der Waals surface area contributed by atoms with Crippen molar-refractivity contribution in [2.24, 2.45) is 0 Å². The van der Waals surface area contributed by atoms with E-state index in [1.54, 1.807) is 13.0 Å². The lowest BCUT2D eigenvalue weighted by molar-refractivity contribution is -0.703. The topological polar surface area (TPSA) is 50.4 Å². The van der Waals surface area contributed by atoms with Crippen molar-refractivity contribution in [3.05, 3.63) is 42.7 Å². The van der Waals surface area contributed by atoms with Gasteiger partial charge in [-0.2, -0.15) is 0 Å². The molecule has 0 aliphatic heterocycles. The van der Waals surface area contributed by atoms with Gasteiger partial charge in [-0.05, 0) is 6.92 Å². The fourth-order valence-electron chi connectivity index (χ4n) is 1.21. The third-order valence-electron chi connectivity index (χ3n) is 1.92. The first-order valence-electron chi connectivity index (χ1n) is 5.14. The van der Waals surface area contributed by atoms with Crippen LogP contribution in [0.1, 0.15) is 6.92 Å². The van der Waals surface area contributed by atoms with Crippen LogP contribution in [0.25, 0.3) is 0 Å². The van der Waals surface area contributed by atoms with E-state index < -0.39 is 12.1 Å². The molecule has 0 amide bonds. The summed E-state index contributed by atoms with van der Waals surface area (Å²) in [5.74, 6) is -0.431. The summed E-state index contributed by atoms with van der Waals surface area (Å²) in [5, 5.41) is 9.60. The molecule has 0 bridgehead atoms. The van der Waals surface area contributed by atoms with E-state index in [1.807, 2.05) is 35.2 Å². The Morgan fingerprint density at radius 2 is 2.12 bits per heavy atom. The summed E-state index contributed by atoms with van der Waals surface area (Å²) >= 11 is 0. The summed E-state index contributed by atoms with van der Waals surface area (Å²) in [6.07, 6.45) is 5.92. The largest absolute Gasteiger partial charge is 0.460 e. The maximum atomic E-state index is 11.0. The van der Waals surface area contributed by atoms with Crippen molar-refractivity contribution in [3.63, 3.8) is 0 Å². The van der Waals surface area contributed by atoms with Gasteiger partial charge in [-0.3, -0.25) is 0 Å². The second kappa shape index (κ2) is 6.74. The van der Waals surface area contributed by atoms with E-state index >= 15 is 0 Å². The average Bonchev–Trinajstić information content (AvgIpc) is 2.28. The summed E-state index contributed by atoms with van der Waals surface area (Å²) in [4.78, 5) is 11.0. The highest BCUT2D eigenvalue weighted by Crippen LogP contribution is 1.89. The molecule has 1 aromatic rings. The molecule has 1 N–H and O–H groups in total. The summed E-state index contributed by atoms with van der Waals surface area (Å²) in [6, 6.07) is 5.64. The lowest BCUT2D eigenvalue weighted by Crippen LogP contribution is -2.40. The first-order valence-corrected chi connectivity index (χ1v) is 5.14. The molecular weight excluding hydrogens is 206 g/mol. The van der Waals surface area contributed by atoms with E-state index in [2.05, 4.69) is 0 Å². The fraction of sp³-hybridized carbons (Fsp3) is 0.333. The number of ether oxygens (including phenoxy) is 1. The second-order valence-corrected chi connectivity index (χ2v) is 3.36. The monoisotopic (exact) mass is 222 g/mol. The van der Waals surface area contributed by atoms with Crippen LogP contribution in [0.3, 0.4) is 0 Å². The van der Waals surface area contributed by atoms with Gasteiger partial charge in [-0.15, -0.1) is 0 Å². The molecule has 4 nitrogen and oxygen atoms in total. The van der Waals surface area contributed by atoms with E-state index in [9.17, 15) is 9.90 Å². The SMILES string of the molecule is CC=CC(=O)OCC(O)C[n+]1ccccc1. The zero-order chi connectivity index (χ0) is 11.8. The Kier molecular flexibility index (Phi) is 5.22. The Hall–Kier alpha value is -1.68. The predicted octanol–water partition coefficient (Wildman–Crippen LogP) is 0.454. The molecule has 1 unspecified atom stereocenters. The van der Waals surface area contributed by atoms with Gasteiger partial charge in [0.25, 0.3) is 0 Å². The number of esters is 1. The van der Waals surface area contributed by atoms with E-state index in [-0.39, 0.29) is 6.61 Å². The molecule has 0 radical (unpaired) electrons. The number of pyridine rings is 1. The molecule has 0 aromatic carbocycles. The average molecular weight is 222 g/mol. The van der Waals surface area contributed by atoms with Crippen LogP contribution in [0.4, 0.5) is 0 Å². The molecule has 0 aliphatic carbocycles. The highest BCUT2D eigenvalue weighted by Gasteiger charge is 2.11. The van der Waals surface area contributed by atoms with Gasteiger partial charge in [0, 0.05) is 18.2 Å². The van der Waals surface area contributed by atoms with Gasteiger partial charge in [-0.1, -0.05) is 12.1 Å². The summed E-state index contributed by atoms with van der Waals surface area (Å²) in [7, 11) is 0. The molecule has 0 spiro atoms. The van der Waals surface area contributed by atoms with Crippen LogP contribution in [0.5, 0.6) is 0 Å². The quantitative estimate of drug-likeness (QED) is 0.447. The van der Waals surface area contributed by atoms with Gasteiger partial charge in [0.05, 0.1) is 0 Å². The predicted molar refractivity (Wildman–Crippen MR) is 58.4 cm³/mol. The number of hydrogen-bond acceptors (Lipinski definition) is 3. The van der Waals surface area contributed by atoms with Crippen LogP contribution in [-0.2, 0) is 16.1 Å². The van der Waals surface area contributed by atoms with Crippen molar-refractivity contribution in [1.82, 2.24) is 0 Å². The number of carbonyl (C=O) groups excluding carboxylic acids is 1. The molecule has 0 fully saturated rings. The van der Waals surface area contributed by atoms with Gasteiger partial charge in [-0.25, -0.2) is 9.36 Å². The summed E-state index contributed by atoms with van der Waals surface area (Å²) < 4.78 is 6.65. The number of allylic oxidation sites excluding steroid dienone is 1.